The van der Waals surface area contributed by atoms with Gasteiger partial charge in [-0.15, -0.1) is 0 Å². The fourth-order valence-electron chi connectivity index (χ4n) is 2.57. The normalized spacial score (nSPS) is 10.8. The van der Waals surface area contributed by atoms with E-state index in [0.29, 0.717) is 11.3 Å². The molecule has 0 radical (unpaired) electrons. The van der Waals surface area contributed by atoms with Gasteiger partial charge >= 0.3 is 0 Å². The average molecular weight is 394 g/mol. The first-order valence-corrected chi connectivity index (χ1v) is 8.80. The van der Waals surface area contributed by atoms with E-state index in [0.717, 1.165) is 17.5 Å². The van der Waals surface area contributed by atoms with Crippen molar-refractivity contribution in [3.63, 3.8) is 0 Å². The van der Waals surface area contributed by atoms with E-state index in [1.807, 2.05) is 36.4 Å². The lowest BCUT2D eigenvalue weighted by atomic mass is 10.1. The van der Waals surface area contributed by atoms with Crippen molar-refractivity contribution in [2.75, 3.05) is 5.32 Å². The average Bonchev–Trinajstić information content (AvgIpc) is 2.69. The van der Waals surface area contributed by atoms with Gasteiger partial charge in [-0.25, -0.2) is 0 Å². The lowest BCUT2D eigenvalue weighted by Crippen LogP contribution is -2.07. The highest BCUT2D eigenvalue weighted by Gasteiger charge is 2.11. The summed E-state index contributed by atoms with van der Waals surface area (Å²) in [6, 6.07) is 15.8. The molecule has 140 valence electrons. The van der Waals surface area contributed by atoms with E-state index in [2.05, 4.69) is 10.3 Å². The van der Waals surface area contributed by atoms with Gasteiger partial charge in [-0.3, -0.25) is 19.9 Å². The van der Waals surface area contributed by atoms with E-state index >= 15 is 0 Å². The molecule has 0 aliphatic rings. The van der Waals surface area contributed by atoms with Crippen LogP contribution in [0, 0.1) is 10.1 Å². The lowest BCUT2D eigenvalue weighted by Gasteiger charge is -2.05. The summed E-state index contributed by atoms with van der Waals surface area (Å²) >= 11 is 5.78. The van der Waals surface area contributed by atoms with E-state index in [1.165, 1.54) is 24.3 Å². The van der Waals surface area contributed by atoms with Gasteiger partial charge in [-0.2, -0.15) is 0 Å². The van der Waals surface area contributed by atoms with E-state index in [4.69, 9.17) is 11.6 Å². The van der Waals surface area contributed by atoms with Crippen LogP contribution in [0.5, 0.6) is 0 Å². The number of carbonyl (C=O) groups is 1. The summed E-state index contributed by atoms with van der Waals surface area (Å²) in [5.41, 5.74) is 3.25. The van der Waals surface area contributed by atoms with Crippen LogP contribution in [0.3, 0.4) is 0 Å². The van der Waals surface area contributed by atoms with Crippen molar-refractivity contribution >= 4 is 35.0 Å². The number of nitrogens with zero attached hydrogens (tertiary/aromatic N) is 2. The molecule has 6 nitrogen and oxygen atoms in total. The number of nitro groups is 1. The van der Waals surface area contributed by atoms with Crippen LogP contribution >= 0.6 is 11.6 Å². The van der Waals surface area contributed by atoms with Gasteiger partial charge in [0.15, 0.2) is 0 Å². The summed E-state index contributed by atoms with van der Waals surface area (Å²) in [6.07, 6.45) is 7.11. The smallest absolute Gasteiger partial charge is 0.288 e. The Labute approximate surface area is 166 Å². The van der Waals surface area contributed by atoms with E-state index < -0.39 is 4.92 Å². The number of amides is 1. The Hall–Kier alpha value is -3.51. The Morgan fingerprint density at radius 2 is 1.75 bits per heavy atom. The highest BCUT2D eigenvalue weighted by atomic mass is 35.5. The number of rotatable bonds is 6. The van der Waals surface area contributed by atoms with Crippen LogP contribution in [0.2, 0.25) is 5.02 Å². The van der Waals surface area contributed by atoms with Crippen LogP contribution in [0.25, 0.3) is 6.08 Å². The third-order valence-electron chi connectivity index (χ3n) is 3.97. The number of anilines is 1. The maximum absolute atomic E-state index is 12.1. The summed E-state index contributed by atoms with van der Waals surface area (Å²) < 4.78 is 0. The highest BCUT2D eigenvalue weighted by Crippen LogP contribution is 2.25. The quantitative estimate of drug-likeness (QED) is 0.367. The van der Waals surface area contributed by atoms with Crippen LogP contribution in [-0.2, 0) is 11.2 Å². The lowest BCUT2D eigenvalue weighted by molar-refractivity contribution is -0.384. The van der Waals surface area contributed by atoms with Crippen LogP contribution < -0.4 is 5.32 Å². The molecule has 0 saturated carbocycles. The van der Waals surface area contributed by atoms with Gasteiger partial charge in [-0.05, 0) is 59.5 Å². The first-order valence-electron chi connectivity index (χ1n) is 8.42. The van der Waals surface area contributed by atoms with Gasteiger partial charge in [0.1, 0.15) is 5.02 Å². The summed E-state index contributed by atoms with van der Waals surface area (Å²) in [7, 11) is 0. The summed E-state index contributed by atoms with van der Waals surface area (Å²) in [6.45, 7) is 0. The molecule has 1 aromatic heterocycles. The van der Waals surface area contributed by atoms with Crippen molar-refractivity contribution in [1.29, 1.82) is 0 Å². The molecule has 0 unspecified atom stereocenters. The van der Waals surface area contributed by atoms with Gasteiger partial charge in [0.25, 0.3) is 5.69 Å². The molecule has 7 heteroatoms. The molecular weight excluding hydrogens is 378 g/mol. The number of halogens is 1. The predicted molar refractivity (Wildman–Crippen MR) is 109 cm³/mol. The molecule has 28 heavy (non-hydrogen) atoms. The van der Waals surface area contributed by atoms with Gasteiger partial charge in [0.05, 0.1) is 4.92 Å². The number of nitro benzene ring substituents is 1. The number of pyridine rings is 1. The van der Waals surface area contributed by atoms with Crippen molar-refractivity contribution in [1.82, 2.24) is 4.98 Å². The Bertz CT molecular complexity index is 1020. The number of carbonyl (C=O) groups excluding carboxylic acids is 1. The zero-order valence-electron chi connectivity index (χ0n) is 14.7. The summed E-state index contributed by atoms with van der Waals surface area (Å²) in [5.74, 6) is -0.334. The van der Waals surface area contributed by atoms with Crippen LogP contribution in [-0.4, -0.2) is 15.8 Å². The zero-order chi connectivity index (χ0) is 19.9. The van der Waals surface area contributed by atoms with Crippen LogP contribution in [0.4, 0.5) is 11.4 Å². The fourth-order valence-corrected chi connectivity index (χ4v) is 2.76. The molecule has 3 rings (SSSR count). The second kappa shape index (κ2) is 8.92. The standard InChI is InChI=1S/C21H16ClN3O3/c22-19-7-3-16(14-20(19)25(27)28)4-8-21(26)24-18-5-1-15(2-6-18)13-17-9-11-23-12-10-17/h1-12,14H,13H2,(H,24,26)/b8-4+. The van der Waals surface area contributed by atoms with Gasteiger partial charge in [0, 0.05) is 30.2 Å². The molecule has 0 aliphatic heterocycles. The first-order chi connectivity index (χ1) is 13.5. The van der Waals surface area contributed by atoms with E-state index in [1.54, 1.807) is 18.5 Å². The van der Waals surface area contributed by atoms with Crippen LogP contribution in [0.1, 0.15) is 16.7 Å². The topological polar surface area (TPSA) is 85.1 Å². The van der Waals surface area contributed by atoms with Crippen molar-refractivity contribution in [3.05, 3.63) is 105 Å². The molecule has 3 aromatic rings. The van der Waals surface area contributed by atoms with Gasteiger partial charge in [0.2, 0.25) is 5.91 Å². The Balaban J connectivity index is 1.61. The number of hydrogen-bond donors (Lipinski definition) is 1. The molecule has 0 saturated heterocycles. The Morgan fingerprint density at radius 1 is 1.07 bits per heavy atom. The monoisotopic (exact) mass is 393 g/mol. The van der Waals surface area contributed by atoms with E-state index in [-0.39, 0.29) is 16.6 Å². The molecule has 0 atom stereocenters. The predicted octanol–water partition coefficient (Wildman–Crippen LogP) is 4.89. The van der Waals surface area contributed by atoms with E-state index in [9.17, 15) is 14.9 Å². The Kier molecular flexibility index (Phi) is 6.14. The maximum Gasteiger partial charge on any atom is 0.288 e. The third-order valence-corrected chi connectivity index (χ3v) is 4.29. The zero-order valence-corrected chi connectivity index (χ0v) is 15.5. The third kappa shape index (κ3) is 5.25. The summed E-state index contributed by atoms with van der Waals surface area (Å²) in [5, 5.41) is 13.7. The second-order valence-corrected chi connectivity index (χ2v) is 6.43. The molecule has 1 heterocycles. The molecule has 1 amide bonds. The Morgan fingerprint density at radius 3 is 2.43 bits per heavy atom. The van der Waals surface area contributed by atoms with Crippen molar-refractivity contribution in [2.45, 2.75) is 6.42 Å². The maximum atomic E-state index is 12.1. The molecule has 0 bridgehead atoms. The number of hydrogen-bond acceptors (Lipinski definition) is 4. The second-order valence-electron chi connectivity index (χ2n) is 6.02. The molecule has 0 fully saturated rings. The molecule has 0 spiro atoms. The molecule has 0 aliphatic carbocycles. The molecular formula is C21H16ClN3O3. The minimum Gasteiger partial charge on any atom is -0.323 e. The first kappa shape index (κ1) is 19.3. The number of benzene rings is 2. The van der Waals surface area contributed by atoms with Crippen molar-refractivity contribution in [3.8, 4) is 0 Å². The van der Waals surface area contributed by atoms with Crippen molar-refractivity contribution < 1.29 is 9.72 Å². The number of nitrogens with one attached hydrogen (secondary N) is 1. The molecule has 1 N–H and O–H groups in total. The fraction of sp³-hybridized carbons (Fsp3) is 0.0476. The van der Waals surface area contributed by atoms with Crippen molar-refractivity contribution in [2.24, 2.45) is 0 Å². The summed E-state index contributed by atoms with van der Waals surface area (Å²) in [4.78, 5) is 26.4. The minimum absolute atomic E-state index is 0.0541. The minimum atomic E-state index is -0.562. The molecule has 2 aromatic carbocycles. The van der Waals surface area contributed by atoms with Crippen LogP contribution in [0.15, 0.2) is 73.1 Å². The highest BCUT2D eigenvalue weighted by molar-refractivity contribution is 6.32. The number of aromatic nitrogens is 1. The van der Waals surface area contributed by atoms with Gasteiger partial charge in [-0.1, -0.05) is 29.8 Å². The largest absolute Gasteiger partial charge is 0.323 e. The SMILES string of the molecule is O=C(/C=C/c1ccc(Cl)c([N+](=O)[O-])c1)Nc1ccc(Cc2ccncc2)cc1. The van der Waals surface area contributed by atoms with Gasteiger partial charge < -0.3 is 5.32 Å².